The standard InChI is InChI=1S/C15H21N3O/c1-12-5-7-17(8-6-12)14-3-4-15(19)18(11-14)10-13(2)9-16/h3-4,11-13H,5-8,10H2,1-2H3. The number of nitrogens with zero attached hydrogens (tertiary/aromatic N) is 3. The maximum Gasteiger partial charge on any atom is 0.250 e. The van der Waals surface area contributed by atoms with Crippen LogP contribution < -0.4 is 10.5 Å². The molecule has 2 rings (SSSR count). The van der Waals surface area contributed by atoms with Gasteiger partial charge in [0.2, 0.25) is 0 Å². The van der Waals surface area contributed by atoms with Gasteiger partial charge >= 0.3 is 0 Å². The molecule has 0 radical (unpaired) electrons. The summed E-state index contributed by atoms with van der Waals surface area (Å²) in [7, 11) is 0. The van der Waals surface area contributed by atoms with Crippen molar-refractivity contribution in [1.29, 1.82) is 5.26 Å². The number of anilines is 1. The second kappa shape index (κ2) is 5.92. The fourth-order valence-electron chi connectivity index (χ4n) is 2.45. The predicted octanol–water partition coefficient (Wildman–Crippen LogP) is 2.24. The molecule has 0 amide bonds. The molecule has 1 aromatic heterocycles. The molecule has 0 aromatic carbocycles. The number of pyridine rings is 1. The van der Waals surface area contributed by atoms with Crippen molar-refractivity contribution in [3.63, 3.8) is 0 Å². The molecule has 19 heavy (non-hydrogen) atoms. The van der Waals surface area contributed by atoms with Gasteiger partial charge in [-0.25, -0.2) is 0 Å². The van der Waals surface area contributed by atoms with Crippen LogP contribution in [0.25, 0.3) is 0 Å². The Kier molecular flexibility index (Phi) is 4.26. The van der Waals surface area contributed by atoms with E-state index in [1.165, 1.54) is 12.8 Å². The summed E-state index contributed by atoms with van der Waals surface area (Å²) >= 11 is 0. The van der Waals surface area contributed by atoms with E-state index >= 15 is 0 Å². The molecule has 1 aromatic rings. The molecule has 2 heterocycles. The van der Waals surface area contributed by atoms with Gasteiger partial charge in [0, 0.05) is 31.9 Å². The van der Waals surface area contributed by atoms with Gasteiger partial charge in [0.25, 0.3) is 5.56 Å². The number of piperidine rings is 1. The van der Waals surface area contributed by atoms with E-state index in [-0.39, 0.29) is 11.5 Å². The van der Waals surface area contributed by atoms with Gasteiger partial charge < -0.3 is 9.47 Å². The Bertz CT molecular complexity index is 521. The van der Waals surface area contributed by atoms with Crippen molar-refractivity contribution >= 4 is 5.69 Å². The van der Waals surface area contributed by atoms with Crippen LogP contribution in [0.1, 0.15) is 26.7 Å². The zero-order chi connectivity index (χ0) is 13.8. The van der Waals surface area contributed by atoms with Gasteiger partial charge in [-0.2, -0.15) is 5.26 Å². The molecule has 1 fully saturated rings. The molecule has 0 saturated carbocycles. The Balaban J connectivity index is 2.16. The summed E-state index contributed by atoms with van der Waals surface area (Å²) in [5.74, 6) is 0.648. The van der Waals surface area contributed by atoms with Gasteiger partial charge in [0.1, 0.15) is 0 Å². The average Bonchev–Trinajstić information content (AvgIpc) is 2.42. The number of hydrogen-bond donors (Lipinski definition) is 0. The average molecular weight is 259 g/mol. The molecule has 1 atom stereocenters. The van der Waals surface area contributed by atoms with Crippen LogP contribution >= 0.6 is 0 Å². The molecule has 1 aliphatic heterocycles. The maximum absolute atomic E-state index is 11.8. The highest BCUT2D eigenvalue weighted by Gasteiger charge is 2.16. The monoisotopic (exact) mass is 259 g/mol. The van der Waals surface area contributed by atoms with Crippen molar-refractivity contribution in [3.8, 4) is 6.07 Å². The molecule has 1 saturated heterocycles. The minimum Gasteiger partial charge on any atom is -0.370 e. The summed E-state index contributed by atoms with van der Waals surface area (Å²) in [4.78, 5) is 14.1. The maximum atomic E-state index is 11.8. The number of aromatic nitrogens is 1. The second-order valence-corrected chi connectivity index (χ2v) is 5.58. The first-order chi connectivity index (χ1) is 9.10. The molecule has 0 N–H and O–H groups in total. The first kappa shape index (κ1) is 13.7. The first-order valence-corrected chi connectivity index (χ1v) is 6.95. The minimum atomic E-state index is -0.144. The van der Waals surface area contributed by atoms with E-state index in [2.05, 4.69) is 17.9 Å². The number of hydrogen-bond acceptors (Lipinski definition) is 3. The van der Waals surface area contributed by atoms with Crippen LogP contribution in [-0.4, -0.2) is 17.7 Å². The van der Waals surface area contributed by atoms with Gasteiger partial charge in [-0.15, -0.1) is 0 Å². The molecule has 4 nitrogen and oxygen atoms in total. The Labute approximate surface area is 114 Å². The lowest BCUT2D eigenvalue weighted by Gasteiger charge is -2.32. The predicted molar refractivity (Wildman–Crippen MR) is 76.1 cm³/mol. The zero-order valence-electron chi connectivity index (χ0n) is 11.7. The Morgan fingerprint density at radius 2 is 2.11 bits per heavy atom. The van der Waals surface area contributed by atoms with E-state index in [1.807, 2.05) is 19.2 Å². The van der Waals surface area contributed by atoms with E-state index < -0.39 is 0 Å². The molecule has 1 aliphatic rings. The highest BCUT2D eigenvalue weighted by Crippen LogP contribution is 2.21. The molecule has 0 spiro atoms. The van der Waals surface area contributed by atoms with Gasteiger partial charge in [-0.1, -0.05) is 6.92 Å². The van der Waals surface area contributed by atoms with Crippen molar-refractivity contribution in [3.05, 3.63) is 28.7 Å². The molecule has 1 unspecified atom stereocenters. The smallest absolute Gasteiger partial charge is 0.250 e. The van der Waals surface area contributed by atoms with Crippen LogP contribution in [0.4, 0.5) is 5.69 Å². The lowest BCUT2D eigenvalue weighted by atomic mass is 9.99. The third kappa shape index (κ3) is 3.37. The highest BCUT2D eigenvalue weighted by molar-refractivity contribution is 5.44. The lowest BCUT2D eigenvalue weighted by Crippen LogP contribution is -2.34. The second-order valence-electron chi connectivity index (χ2n) is 5.58. The SMILES string of the molecule is CC(C#N)Cn1cc(N2CCC(C)CC2)ccc1=O. The van der Waals surface area contributed by atoms with Gasteiger partial charge in [-0.05, 0) is 31.7 Å². The summed E-state index contributed by atoms with van der Waals surface area (Å²) in [6, 6.07) is 5.68. The molecule has 0 aliphatic carbocycles. The van der Waals surface area contributed by atoms with E-state index in [9.17, 15) is 4.79 Å². The quantitative estimate of drug-likeness (QED) is 0.836. The summed E-state index contributed by atoms with van der Waals surface area (Å²) in [6.07, 6.45) is 4.30. The Hall–Kier alpha value is -1.76. The third-order valence-corrected chi connectivity index (χ3v) is 3.81. The van der Waals surface area contributed by atoms with Crippen LogP contribution in [-0.2, 0) is 6.54 Å². The van der Waals surface area contributed by atoms with Crippen LogP contribution in [0.2, 0.25) is 0 Å². The van der Waals surface area contributed by atoms with Crippen molar-refractivity contribution < 1.29 is 0 Å². The molecule has 102 valence electrons. The summed E-state index contributed by atoms with van der Waals surface area (Å²) < 4.78 is 1.65. The van der Waals surface area contributed by atoms with E-state index in [4.69, 9.17) is 5.26 Å². The normalized spacial score (nSPS) is 18.1. The highest BCUT2D eigenvalue weighted by atomic mass is 16.1. The van der Waals surface area contributed by atoms with Gasteiger partial charge in [0.05, 0.1) is 17.7 Å². The van der Waals surface area contributed by atoms with Crippen molar-refractivity contribution in [1.82, 2.24) is 4.57 Å². The molecule has 4 heteroatoms. The van der Waals surface area contributed by atoms with Crippen LogP contribution in [0.15, 0.2) is 23.1 Å². The molecular formula is C15H21N3O. The summed E-state index contributed by atoms with van der Waals surface area (Å²) in [5.41, 5.74) is 1.06. The third-order valence-electron chi connectivity index (χ3n) is 3.81. The number of nitriles is 1. The number of rotatable bonds is 3. The minimum absolute atomic E-state index is 0.0313. The van der Waals surface area contributed by atoms with E-state index in [0.717, 1.165) is 24.7 Å². The van der Waals surface area contributed by atoms with Gasteiger partial charge in [-0.3, -0.25) is 4.79 Å². The zero-order valence-corrected chi connectivity index (χ0v) is 11.7. The molecular weight excluding hydrogens is 238 g/mol. The van der Waals surface area contributed by atoms with Crippen molar-refractivity contribution in [2.75, 3.05) is 18.0 Å². The van der Waals surface area contributed by atoms with E-state index in [0.29, 0.717) is 6.54 Å². The van der Waals surface area contributed by atoms with Crippen molar-refractivity contribution in [2.24, 2.45) is 11.8 Å². The largest absolute Gasteiger partial charge is 0.370 e. The molecule has 0 bridgehead atoms. The summed E-state index contributed by atoms with van der Waals surface area (Å²) in [5, 5.41) is 8.86. The fourth-order valence-corrected chi connectivity index (χ4v) is 2.45. The van der Waals surface area contributed by atoms with Gasteiger partial charge in [0.15, 0.2) is 0 Å². The van der Waals surface area contributed by atoms with Crippen LogP contribution in [0.5, 0.6) is 0 Å². The topological polar surface area (TPSA) is 49.0 Å². The lowest BCUT2D eigenvalue weighted by molar-refractivity contribution is 0.437. The van der Waals surface area contributed by atoms with Crippen molar-refractivity contribution in [2.45, 2.75) is 33.2 Å². The fraction of sp³-hybridized carbons (Fsp3) is 0.600. The van der Waals surface area contributed by atoms with Crippen LogP contribution in [0, 0.1) is 23.2 Å². The first-order valence-electron chi connectivity index (χ1n) is 6.95. The van der Waals surface area contributed by atoms with Crippen LogP contribution in [0.3, 0.4) is 0 Å². The summed E-state index contributed by atoms with van der Waals surface area (Å²) in [6.45, 7) is 6.68. The Morgan fingerprint density at radius 3 is 2.74 bits per heavy atom. The Morgan fingerprint density at radius 1 is 1.42 bits per heavy atom. The van der Waals surface area contributed by atoms with E-state index in [1.54, 1.807) is 10.6 Å².